The molecule has 0 amide bonds. The minimum absolute atomic E-state index is 0.00511. The average Bonchev–Trinajstić information content (AvgIpc) is 2.42. The van der Waals surface area contributed by atoms with Crippen LogP contribution in [0, 0.1) is 12.7 Å². The molecule has 0 spiro atoms. The lowest BCUT2D eigenvalue weighted by Gasteiger charge is -2.15. The summed E-state index contributed by atoms with van der Waals surface area (Å²) in [6, 6.07) is 7.25. The lowest BCUT2D eigenvalue weighted by atomic mass is 10.1. The van der Waals surface area contributed by atoms with Crippen molar-refractivity contribution < 1.29 is 4.39 Å². The number of halogens is 1. The van der Waals surface area contributed by atoms with E-state index in [2.05, 4.69) is 22.2 Å². The van der Waals surface area contributed by atoms with Crippen LogP contribution in [0.25, 0.3) is 0 Å². The van der Waals surface area contributed by atoms with Crippen molar-refractivity contribution in [3.8, 4) is 0 Å². The standard InChI is InChI=1S/C16H20FN3/c1-4-5-14-9-16(19-10-18-14)20-12(3)13-7-6-11(2)15(17)8-13/h6-10,12H,4-5H2,1-3H3,(H,18,19,20). The average molecular weight is 273 g/mol. The van der Waals surface area contributed by atoms with Gasteiger partial charge < -0.3 is 5.32 Å². The molecule has 0 bridgehead atoms. The summed E-state index contributed by atoms with van der Waals surface area (Å²) in [6.45, 7) is 5.87. The molecule has 0 radical (unpaired) electrons. The van der Waals surface area contributed by atoms with Crippen molar-refractivity contribution in [3.63, 3.8) is 0 Å². The minimum Gasteiger partial charge on any atom is -0.363 e. The van der Waals surface area contributed by atoms with Crippen molar-refractivity contribution in [1.82, 2.24) is 9.97 Å². The quantitative estimate of drug-likeness (QED) is 0.893. The van der Waals surface area contributed by atoms with Crippen molar-refractivity contribution in [3.05, 3.63) is 53.2 Å². The van der Waals surface area contributed by atoms with Gasteiger partial charge in [0.1, 0.15) is 18.0 Å². The Morgan fingerprint density at radius 2 is 2.05 bits per heavy atom. The Bertz CT molecular complexity index is 584. The van der Waals surface area contributed by atoms with Gasteiger partial charge in [0.05, 0.1) is 6.04 Å². The number of hydrogen-bond acceptors (Lipinski definition) is 3. The summed E-state index contributed by atoms with van der Waals surface area (Å²) in [7, 11) is 0. The molecule has 1 unspecified atom stereocenters. The SMILES string of the molecule is CCCc1cc(NC(C)c2ccc(C)c(F)c2)ncn1. The maximum absolute atomic E-state index is 13.6. The second-order valence-corrected chi connectivity index (χ2v) is 5.02. The molecule has 0 aliphatic rings. The van der Waals surface area contributed by atoms with Crippen LogP contribution in [0.1, 0.15) is 43.1 Å². The number of aromatic nitrogens is 2. The number of hydrogen-bond donors (Lipinski definition) is 1. The van der Waals surface area contributed by atoms with Gasteiger partial charge in [0, 0.05) is 11.8 Å². The lowest BCUT2D eigenvalue weighted by Crippen LogP contribution is -2.09. The summed E-state index contributed by atoms with van der Waals surface area (Å²) in [5.74, 6) is 0.599. The fourth-order valence-corrected chi connectivity index (χ4v) is 2.05. The van der Waals surface area contributed by atoms with Gasteiger partial charge in [-0.2, -0.15) is 0 Å². The highest BCUT2D eigenvalue weighted by molar-refractivity contribution is 5.39. The zero-order chi connectivity index (χ0) is 14.5. The molecule has 1 aromatic heterocycles. The van der Waals surface area contributed by atoms with E-state index in [0.29, 0.717) is 5.56 Å². The topological polar surface area (TPSA) is 37.8 Å². The number of anilines is 1. The first kappa shape index (κ1) is 14.4. The largest absolute Gasteiger partial charge is 0.363 e. The summed E-state index contributed by atoms with van der Waals surface area (Å²) in [4.78, 5) is 8.43. The molecule has 3 nitrogen and oxygen atoms in total. The van der Waals surface area contributed by atoms with E-state index in [1.807, 2.05) is 19.1 Å². The van der Waals surface area contributed by atoms with Crippen LogP contribution >= 0.6 is 0 Å². The van der Waals surface area contributed by atoms with Crippen LogP contribution in [0.3, 0.4) is 0 Å². The fraction of sp³-hybridized carbons (Fsp3) is 0.375. The fourth-order valence-electron chi connectivity index (χ4n) is 2.05. The Kier molecular flexibility index (Phi) is 4.66. The molecular weight excluding hydrogens is 253 g/mol. The zero-order valence-electron chi connectivity index (χ0n) is 12.2. The predicted octanol–water partition coefficient (Wildman–Crippen LogP) is 4.05. The number of nitrogens with one attached hydrogen (secondary N) is 1. The highest BCUT2D eigenvalue weighted by Gasteiger charge is 2.09. The van der Waals surface area contributed by atoms with E-state index in [4.69, 9.17) is 0 Å². The van der Waals surface area contributed by atoms with Gasteiger partial charge in [-0.15, -0.1) is 0 Å². The van der Waals surface area contributed by atoms with Crippen LogP contribution in [0.5, 0.6) is 0 Å². The second kappa shape index (κ2) is 6.46. The predicted molar refractivity (Wildman–Crippen MR) is 79.2 cm³/mol. The molecule has 1 N–H and O–H groups in total. The van der Waals surface area contributed by atoms with Crippen molar-refractivity contribution in [2.75, 3.05) is 5.32 Å². The van der Waals surface area contributed by atoms with E-state index in [1.54, 1.807) is 25.4 Å². The summed E-state index contributed by atoms with van der Waals surface area (Å²) in [6.07, 6.45) is 3.55. The number of benzene rings is 1. The highest BCUT2D eigenvalue weighted by Crippen LogP contribution is 2.20. The van der Waals surface area contributed by atoms with E-state index in [9.17, 15) is 4.39 Å². The monoisotopic (exact) mass is 273 g/mol. The number of aryl methyl sites for hydroxylation is 2. The van der Waals surface area contributed by atoms with Gasteiger partial charge in [-0.25, -0.2) is 14.4 Å². The Balaban J connectivity index is 2.12. The van der Waals surface area contributed by atoms with Crippen molar-refractivity contribution in [2.45, 2.75) is 39.7 Å². The Morgan fingerprint density at radius 1 is 1.25 bits per heavy atom. The Hall–Kier alpha value is -1.97. The van der Waals surface area contributed by atoms with Crippen molar-refractivity contribution >= 4 is 5.82 Å². The molecule has 0 aliphatic carbocycles. The Labute approximate surface area is 119 Å². The van der Waals surface area contributed by atoms with Gasteiger partial charge in [0.15, 0.2) is 0 Å². The maximum atomic E-state index is 13.6. The highest BCUT2D eigenvalue weighted by atomic mass is 19.1. The number of nitrogens with zero attached hydrogens (tertiary/aromatic N) is 2. The summed E-state index contributed by atoms with van der Waals surface area (Å²) in [5, 5.41) is 3.29. The van der Waals surface area contributed by atoms with Crippen LogP contribution in [-0.2, 0) is 6.42 Å². The molecule has 20 heavy (non-hydrogen) atoms. The van der Waals surface area contributed by atoms with Crippen LogP contribution in [-0.4, -0.2) is 9.97 Å². The van der Waals surface area contributed by atoms with E-state index >= 15 is 0 Å². The van der Waals surface area contributed by atoms with Crippen LogP contribution < -0.4 is 5.32 Å². The minimum atomic E-state index is -0.175. The third kappa shape index (κ3) is 3.53. The normalized spacial score (nSPS) is 12.2. The smallest absolute Gasteiger partial charge is 0.130 e. The van der Waals surface area contributed by atoms with Crippen LogP contribution in [0.4, 0.5) is 10.2 Å². The van der Waals surface area contributed by atoms with E-state index < -0.39 is 0 Å². The van der Waals surface area contributed by atoms with Gasteiger partial charge in [0.2, 0.25) is 0 Å². The van der Waals surface area contributed by atoms with E-state index in [-0.39, 0.29) is 11.9 Å². The molecule has 0 fully saturated rings. The van der Waals surface area contributed by atoms with Gasteiger partial charge in [0.25, 0.3) is 0 Å². The molecule has 1 heterocycles. The molecule has 0 saturated heterocycles. The summed E-state index contributed by atoms with van der Waals surface area (Å²) >= 11 is 0. The molecule has 1 atom stereocenters. The molecular formula is C16H20FN3. The second-order valence-electron chi connectivity index (χ2n) is 5.02. The van der Waals surface area contributed by atoms with Gasteiger partial charge in [-0.3, -0.25) is 0 Å². The van der Waals surface area contributed by atoms with Gasteiger partial charge in [-0.1, -0.05) is 25.5 Å². The van der Waals surface area contributed by atoms with Gasteiger partial charge >= 0.3 is 0 Å². The summed E-state index contributed by atoms with van der Waals surface area (Å²) < 4.78 is 13.6. The van der Waals surface area contributed by atoms with Crippen molar-refractivity contribution in [1.29, 1.82) is 0 Å². The molecule has 4 heteroatoms. The van der Waals surface area contributed by atoms with Crippen molar-refractivity contribution in [2.24, 2.45) is 0 Å². The lowest BCUT2D eigenvalue weighted by molar-refractivity contribution is 0.614. The summed E-state index contributed by atoms with van der Waals surface area (Å²) in [5.41, 5.74) is 2.59. The molecule has 106 valence electrons. The molecule has 0 aliphatic heterocycles. The molecule has 2 rings (SSSR count). The van der Waals surface area contributed by atoms with Crippen LogP contribution in [0.15, 0.2) is 30.6 Å². The molecule has 1 aromatic carbocycles. The van der Waals surface area contributed by atoms with E-state index in [0.717, 1.165) is 29.9 Å². The maximum Gasteiger partial charge on any atom is 0.130 e. The van der Waals surface area contributed by atoms with Gasteiger partial charge in [-0.05, 0) is 37.5 Å². The van der Waals surface area contributed by atoms with Crippen LogP contribution in [0.2, 0.25) is 0 Å². The first-order valence-corrected chi connectivity index (χ1v) is 6.93. The molecule has 0 saturated carbocycles. The van der Waals surface area contributed by atoms with E-state index in [1.165, 1.54) is 0 Å². The first-order valence-electron chi connectivity index (χ1n) is 6.93. The Morgan fingerprint density at radius 3 is 2.75 bits per heavy atom. The zero-order valence-corrected chi connectivity index (χ0v) is 12.2. The third-order valence-electron chi connectivity index (χ3n) is 3.29. The first-order chi connectivity index (χ1) is 9.60. The molecule has 2 aromatic rings. The third-order valence-corrected chi connectivity index (χ3v) is 3.29. The number of rotatable bonds is 5.